The molecule has 96 valence electrons. The highest BCUT2D eigenvalue weighted by Gasteiger charge is 2.10. The number of nitrogens with zero attached hydrogens (tertiary/aromatic N) is 4. The predicted octanol–water partition coefficient (Wildman–Crippen LogP) is 2.75. The first kappa shape index (κ1) is 12.8. The first-order chi connectivity index (χ1) is 9.26. The molecular formula is C14H14N4O. The molecule has 0 saturated heterocycles. The van der Waals surface area contributed by atoms with E-state index in [0.717, 1.165) is 11.3 Å². The third-order valence-corrected chi connectivity index (χ3v) is 2.53. The van der Waals surface area contributed by atoms with Crippen LogP contribution < -0.4 is 0 Å². The molecular weight excluding hydrogens is 240 g/mol. The summed E-state index contributed by atoms with van der Waals surface area (Å²) in [5.74, 6) is 0.474. The van der Waals surface area contributed by atoms with Gasteiger partial charge in [0.1, 0.15) is 11.6 Å². The zero-order valence-corrected chi connectivity index (χ0v) is 10.9. The maximum atomic E-state index is 9.07. The Balaban J connectivity index is 2.46. The van der Waals surface area contributed by atoms with Crippen LogP contribution in [-0.4, -0.2) is 22.8 Å². The molecule has 0 atom stereocenters. The second-order valence-electron chi connectivity index (χ2n) is 3.93. The van der Waals surface area contributed by atoms with Crippen molar-refractivity contribution in [3.63, 3.8) is 0 Å². The fourth-order valence-corrected chi connectivity index (χ4v) is 1.66. The monoisotopic (exact) mass is 254 g/mol. The molecule has 1 aromatic heterocycles. The normalized spacial score (nSPS) is 10.6. The minimum Gasteiger partial charge on any atom is -0.483 e. The van der Waals surface area contributed by atoms with Gasteiger partial charge in [-0.1, -0.05) is 12.1 Å². The number of hydrogen-bond donors (Lipinski definition) is 0. The van der Waals surface area contributed by atoms with Gasteiger partial charge in [-0.05, 0) is 31.5 Å². The zero-order valence-electron chi connectivity index (χ0n) is 10.9. The van der Waals surface area contributed by atoms with Crippen molar-refractivity contribution in [1.82, 2.24) is 9.78 Å². The van der Waals surface area contributed by atoms with Crippen molar-refractivity contribution >= 4 is 12.2 Å². The van der Waals surface area contributed by atoms with Gasteiger partial charge >= 0.3 is 0 Å². The SMILES string of the molecule is CCO/C=N/c1c(C#N)cnn1-c1cccc(C)c1. The Kier molecular flexibility index (Phi) is 3.94. The Labute approximate surface area is 111 Å². The van der Waals surface area contributed by atoms with Crippen LogP contribution in [-0.2, 0) is 4.74 Å². The molecule has 5 nitrogen and oxygen atoms in total. The van der Waals surface area contributed by atoms with Crippen LogP contribution in [0.3, 0.4) is 0 Å². The van der Waals surface area contributed by atoms with E-state index in [9.17, 15) is 0 Å². The Bertz CT molecular complexity index is 637. The van der Waals surface area contributed by atoms with Gasteiger partial charge in [0.25, 0.3) is 0 Å². The molecule has 0 N–H and O–H groups in total. The molecule has 2 aromatic rings. The molecule has 0 spiro atoms. The van der Waals surface area contributed by atoms with Gasteiger partial charge in [0.2, 0.25) is 0 Å². The van der Waals surface area contributed by atoms with E-state index < -0.39 is 0 Å². The van der Waals surface area contributed by atoms with Gasteiger partial charge < -0.3 is 4.74 Å². The maximum Gasteiger partial charge on any atom is 0.176 e. The van der Waals surface area contributed by atoms with Crippen LogP contribution in [0.25, 0.3) is 5.69 Å². The van der Waals surface area contributed by atoms with Gasteiger partial charge in [-0.15, -0.1) is 0 Å². The number of aliphatic imine (C=N–C) groups is 1. The minimum absolute atomic E-state index is 0.414. The summed E-state index contributed by atoms with van der Waals surface area (Å²) in [5, 5.41) is 13.3. The fourth-order valence-electron chi connectivity index (χ4n) is 1.66. The Morgan fingerprint density at radius 1 is 1.53 bits per heavy atom. The summed E-state index contributed by atoms with van der Waals surface area (Å²) >= 11 is 0. The van der Waals surface area contributed by atoms with Crippen molar-refractivity contribution in [2.45, 2.75) is 13.8 Å². The molecule has 0 fully saturated rings. The first-order valence-corrected chi connectivity index (χ1v) is 5.95. The molecule has 19 heavy (non-hydrogen) atoms. The summed E-state index contributed by atoms with van der Waals surface area (Å²) in [6.45, 7) is 4.40. The average molecular weight is 254 g/mol. The number of nitriles is 1. The minimum atomic E-state index is 0.414. The third-order valence-electron chi connectivity index (χ3n) is 2.53. The maximum absolute atomic E-state index is 9.07. The molecule has 0 unspecified atom stereocenters. The van der Waals surface area contributed by atoms with Crippen LogP contribution >= 0.6 is 0 Å². The Hall–Kier alpha value is -2.61. The summed E-state index contributed by atoms with van der Waals surface area (Å²) in [6, 6.07) is 9.91. The number of aromatic nitrogens is 2. The highest BCUT2D eigenvalue weighted by Crippen LogP contribution is 2.22. The Morgan fingerprint density at radius 2 is 2.37 bits per heavy atom. The smallest absolute Gasteiger partial charge is 0.176 e. The lowest BCUT2D eigenvalue weighted by molar-refractivity contribution is 0.343. The van der Waals surface area contributed by atoms with Gasteiger partial charge in [0, 0.05) is 0 Å². The van der Waals surface area contributed by atoms with Crippen molar-refractivity contribution in [2.75, 3.05) is 6.61 Å². The number of aryl methyl sites for hydroxylation is 1. The molecule has 1 aromatic carbocycles. The summed E-state index contributed by atoms with van der Waals surface area (Å²) in [6.07, 6.45) is 2.84. The number of ether oxygens (including phenoxy) is 1. The molecule has 0 aliphatic heterocycles. The summed E-state index contributed by atoms with van der Waals surface area (Å²) in [5.41, 5.74) is 2.40. The lowest BCUT2D eigenvalue weighted by Gasteiger charge is -2.05. The van der Waals surface area contributed by atoms with Gasteiger partial charge in [-0.25, -0.2) is 4.68 Å². The first-order valence-electron chi connectivity index (χ1n) is 5.95. The van der Waals surface area contributed by atoms with Crippen molar-refractivity contribution in [2.24, 2.45) is 4.99 Å². The second kappa shape index (κ2) is 5.83. The Morgan fingerprint density at radius 3 is 3.05 bits per heavy atom. The van der Waals surface area contributed by atoms with E-state index in [0.29, 0.717) is 18.0 Å². The van der Waals surface area contributed by atoms with E-state index in [4.69, 9.17) is 10.00 Å². The quantitative estimate of drug-likeness (QED) is 0.622. The molecule has 0 radical (unpaired) electrons. The van der Waals surface area contributed by atoms with E-state index in [1.165, 1.54) is 12.6 Å². The van der Waals surface area contributed by atoms with E-state index >= 15 is 0 Å². The molecule has 0 amide bonds. The summed E-state index contributed by atoms with van der Waals surface area (Å²) in [4.78, 5) is 4.16. The second-order valence-corrected chi connectivity index (χ2v) is 3.93. The molecule has 0 bridgehead atoms. The van der Waals surface area contributed by atoms with Gasteiger partial charge in [-0.2, -0.15) is 15.4 Å². The average Bonchev–Trinajstić information content (AvgIpc) is 2.82. The van der Waals surface area contributed by atoms with E-state index in [1.807, 2.05) is 38.1 Å². The van der Waals surface area contributed by atoms with E-state index in [1.54, 1.807) is 4.68 Å². The van der Waals surface area contributed by atoms with Crippen LogP contribution in [0.15, 0.2) is 35.5 Å². The molecule has 0 aliphatic rings. The topological polar surface area (TPSA) is 63.2 Å². The molecule has 0 saturated carbocycles. The molecule has 2 rings (SSSR count). The highest BCUT2D eigenvalue weighted by molar-refractivity contribution is 5.60. The van der Waals surface area contributed by atoms with Crippen molar-refractivity contribution < 1.29 is 4.74 Å². The van der Waals surface area contributed by atoms with Crippen LogP contribution in [0, 0.1) is 18.3 Å². The summed E-state index contributed by atoms with van der Waals surface area (Å²) in [7, 11) is 0. The van der Waals surface area contributed by atoms with Crippen LogP contribution in [0.2, 0.25) is 0 Å². The summed E-state index contributed by atoms with van der Waals surface area (Å²) < 4.78 is 6.70. The van der Waals surface area contributed by atoms with Crippen molar-refractivity contribution in [1.29, 1.82) is 5.26 Å². The van der Waals surface area contributed by atoms with E-state index in [-0.39, 0.29) is 0 Å². The van der Waals surface area contributed by atoms with Crippen molar-refractivity contribution in [3.05, 3.63) is 41.6 Å². The largest absolute Gasteiger partial charge is 0.483 e. The van der Waals surface area contributed by atoms with Crippen molar-refractivity contribution in [3.8, 4) is 11.8 Å². The zero-order chi connectivity index (χ0) is 13.7. The van der Waals surface area contributed by atoms with Crippen LogP contribution in [0.1, 0.15) is 18.1 Å². The molecule has 0 aliphatic carbocycles. The third kappa shape index (κ3) is 2.80. The van der Waals surface area contributed by atoms with Gasteiger partial charge in [-0.3, -0.25) is 0 Å². The standard InChI is InChI=1S/C14H14N4O/c1-3-19-10-16-14-12(8-15)9-17-18(14)13-6-4-5-11(2)7-13/h4-7,9-10H,3H2,1-2H3/b16-10+. The number of rotatable bonds is 4. The van der Waals surface area contributed by atoms with Crippen LogP contribution in [0.4, 0.5) is 5.82 Å². The fraction of sp³-hybridized carbons (Fsp3) is 0.214. The molecule has 5 heteroatoms. The number of benzene rings is 1. The lowest BCUT2D eigenvalue weighted by atomic mass is 10.2. The number of hydrogen-bond acceptors (Lipinski definition) is 4. The molecule has 1 heterocycles. The van der Waals surface area contributed by atoms with E-state index in [2.05, 4.69) is 16.2 Å². The van der Waals surface area contributed by atoms with Gasteiger partial charge in [0.05, 0.1) is 18.5 Å². The van der Waals surface area contributed by atoms with Crippen LogP contribution in [0.5, 0.6) is 0 Å². The van der Waals surface area contributed by atoms with Gasteiger partial charge in [0.15, 0.2) is 12.2 Å². The predicted molar refractivity (Wildman–Crippen MR) is 72.8 cm³/mol. The lowest BCUT2D eigenvalue weighted by Crippen LogP contribution is -1.96. The highest BCUT2D eigenvalue weighted by atomic mass is 16.5.